The normalized spacial score (nSPS) is 15.2. The molecule has 120 valence electrons. The van der Waals surface area contributed by atoms with Crippen LogP contribution in [0.25, 0.3) is 0 Å². The van der Waals surface area contributed by atoms with Gasteiger partial charge in [-0.15, -0.1) is 0 Å². The highest BCUT2D eigenvalue weighted by Gasteiger charge is 2.15. The second-order valence-corrected chi connectivity index (χ2v) is 6.62. The predicted octanol–water partition coefficient (Wildman–Crippen LogP) is 4.24. The van der Waals surface area contributed by atoms with E-state index in [1.54, 1.807) is 12.3 Å². The van der Waals surface area contributed by atoms with Crippen molar-refractivity contribution in [2.24, 2.45) is 0 Å². The van der Waals surface area contributed by atoms with Gasteiger partial charge in [-0.25, -0.2) is 9.97 Å². The summed E-state index contributed by atoms with van der Waals surface area (Å²) in [6.07, 6.45) is 7.67. The SMILES string of the molecule is O=C(Nc1cccc(Br)c1)c1ccnc(NC2CCCCC2)n1. The summed E-state index contributed by atoms with van der Waals surface area (Å²) in [4.78, 5) is 20.9. The Labute approximate surface area is 144 Å². The van der Waals surface area contributed by atoms with Gasteiger partial charge in [0.2, 0.25) is 5.95 Å². The fourth-order valence-electron chi connectivity index (χ4n) is 2.75. The Kier molecular flexibility index (Phi) is 5.23. The Bertz CT molecular complexity index is 686. The maximum atomic E-state index is 12.3. The Balaban J connectivity index is 1.67. The van der Waals surface area contributed by atoms with Crippen LogP contribution in [0.15, 0.2) is 41.0 Å². The number of amides is 1. The molecule has 1 heterocycles. The first-order valence-electron chi connectivity index (χ1n) is 7.87. The molecule has 0 saturated heterocycles. The average Bonchev–Trinajstić information content (AvgIpc) is 2.56. The molecule has 2 N–H and O–H groups in total. The zero-order valence-corrected chi connectivity index (χ0v) is 14.3. The summed E-state index contributed by atoms with van der Waals surface area (Å²) in [7, 11) is 0. The number of hydrogen-bond donors (Lipinski definition) is 2. The number of anilines is 2. The molecule has 3 rings (SSSR count). The third kappa shape index (κ3) is 4.51. The zero-order chi connectivity index (χ0) is 16.1. The van der Waals surface area contributed by atoms with Crippen LogP contribution < -0.4 is 10.6 Å². The quantitative estimate of drug-likeness (QED) is 0.839. The molecule has 0 aliphatic heterocycles. The van der Waals surface area contributed by atoms with E-state index in [2.05, 4.69) is 36.5 Å². The molecule has 0 radical (unpaired) electrons. The van der Waals surface area contributed by atoms with E-state index in [-0.39, 0.29) is 5.91 Å². The topological polar surface area (TPSA) is 66.9 Å². The number of carbonyl (C=O) groups excluding carboxylic acids is 1. The van der Waals surface area contributed by atoms with Gasteiger partial charge >= 0.3 is 0 Å². The lowest BCUT2D eigenvalue weighted by Gasteiger charge is -2.22. The molecule has 0 unspecified atom stereocenters. The number of benzene rings is 1. The highest BCUT2D eigenvalue weighted by Crippen LogP contribution is 2.20. The maximum absolute atomic E-state index is 12.3. The molecule has 1 saturated carbocycles. The lowest BCUT2D eigenvalue weighted by molar-refractivity contribution is 0.102. The molecular formula is C17H19BrN4O. The fourth-order valence-corrected chi connectivity index (χ4v) is 3.14. The lowest BCUT2D eigenvalue weighted by atomic mass is 9.96. The third-order valence-electron chi connectivity index (χ3n) is 3.91. The van der Waals surface area contributed by atoms with Gasteiger partial charge in [-0.2, -0.15) is 0 Å². The van der Waals surface area contributed by atoms with Crippen LogP contribution in [0.3, 0.4) is 0 Å². The number of carbonyl (C=O) groups is 1. The first kappa shape index (κ1) is 15.9. The molecule has 0 atom stereocenters. The smallest absolute Gasteiger partial charge is 0.274 e. The molecule has 5 nitrogen and oxygen atoms in total. The Hall–Kier alpha value is -1.95. The van der Waals surface area contributed by atoms with E-state index in [0.29, 0.717) is 17.7 Å². The molecular weight excluding hydrogens is 356 g/mol. The minimum Gasteiger partial charge on any atom is -0.351 e. The Morgan fingerprint density at radius 3 is 2.78 bits per heavy atom. The molecule has 1 aliphatic rings. The Morgan fingerprint density at radius 2 is 2.00 bits per heavy atom. The van der Waals surface area contributed by atoms with Crippen LogP contribution >= 0.6 is 15.9 Å². The summed E-state index contributed by atoms with van der Waals surface area (Å²) in [6.45, 7) is 0. The average molecular weight is 375 g/mol. The molecule has 1 aromatic carbocycles. The predicted molar refractivity (Wildman–Crippen MR) is 94.6 cm³/mol. The van der Waals surface area contributed by atoms with Gasteiger partial charge in [-0.05, 0) is 37.1 Å². The minimum atomic E-state index is -0.239. The first-order chi connectivity index (χ1) is 11.2. The van der Waals surface area contributed by atoms with Gasteiger partial charge in [-0.1, -0.05) is 41.3 Å². The highest BCUT2D eigenvalue weighted by atomic mass is 79.9. The lowest BCUT2D eigenvalue weighted by Crippen LogP contribution is -2.24. The van der Waals surface area contributed by atoms with Crippen molar-refractivity contribution in [3.8, 4) is 0 Å². The molecule has 2 aromatic rings. The molecule has 23 heavy (non-hydrogen) atoms. The zero-order valence-electron chi connectivity index (χ0n) is 12.8. The molecule has 1 aromatic heterocycles. The molecule has 1 aliphatic carbocycles. The van der Waals surface area contributed by atoms with Gasteiger partial charge in [0.25, 0.3) is 5.91 Å². The number of aromatic nitrogens is 2. The summed E-state index contributed by atoms with van der Waals surface area (Å²) in [5, 5.41) is 6.18. The second-order valence-electron chi connectivity index (χ2n) is 5.71. The second kappa shape index (κ2) is 7.55. The van der Waals surface area contributed by atoms with Crippen LogP contribution in [-0.2, 0) is 0 Å². The largest absolute Gasteiger partial charge is 0.351 e. The van der Waals surface area contributed by atoms with Crippen LogP contribution in [0.1, 0.15) is 42.6 Å². The highest BCUT2D eigenvalue weighted by molar-refractivity contribution is 9.10. The molecule has 0 spiro atoms. The standard InChI is InChI=1S/C17H19BrN4O/c18-12-5-4-8-14(11-12)20-16(23)15-9-10-19-17(22-15)21-13-6-2-1-3-7-13/h4-5,8-11,13H,1-3,6-7H2,(H,20,23)(H,19,21,22). The summed E-state index contributed by atoms with van der Waals surface area (Å²) in [5.41, 5.74) is 1.09. The van der Waals surface area contributed by atoms with Crippen molar-refractivity contribution < 1.29 is 4.79 Å². The summed E-state index contributed by atoms with van der Waals surface area (Å²) in [6, 6.07) is 9.50. The number of nitrogens with zero attached hydrogens (tertiary/aromatic N) is 2. The van der Waals surface area contributed by atoms with Crippen molar-refractivity contribution >= 4 is 33.5 Å². The van der Waals surface area contributed by atoms with Crippen molar-refractivity contribution in [1.29, 1.82) is 0 Å². The first-order valence-corrected chi connectivity index (χ1v) is 8.66. The van der Waals surface area contributed by atoms with Gasteiger partial charge in [-0.3, -0.25) is 4.79 Å². The van der Waals surface area contributed by atoms with Crippen LogP contribution in [0.4, 0.5) is 11.6 Å². The minimum absolute atomic E-state index is 0.239. The molecule has 0 bridgehead atoms. The number of nitrogens with one attached hydrogen (secondary N) is 2. The van der Waals surface area contributed by atoms with E-state index in [9.17, 15) is 4.79 Å². The van der Waals surface area contributed by atoms with Gasteiger partial charge in [0, 0.05) is 22.4 Å². The molecule has 6 heteroatoms. The fraction of sp³-hybridized carbons (Fsp3) is 0.353. The van der Waals surface area contributed by atoms with E-state index in [4.69, 9.17) is 0 Å². The summed E-state index contributed by atoms with van der Waals surface area (Å²) < 4.78 is 0.914. The summed E-state index contributed by atoms with van der Waals surface area (Å²) in [5.74, 6) is 0.288. The van der Waals surface area contributed by atoms with Crippen LogP contribution in [0.2, 0.25) is 0 Å². The van der Waals surface area contributed by atoms with Gasteiger partial charge in [0.05, 0.1) is 0 Å². The number of rotatable bonds is 4. The van der Waals surface area contributed by atoms with Crippen molar-refractivity contribution in [2.75, 3.05) is 10.6 Å². The van der Waals surface area contributed by atoms with E-state index in [1.165, 1.54) is 19.3 Å². The van der Waals surface area contributed by atoms with Crippen molar-refractivity contribution in [2.45, 2.75) is 38.1 Å². The number of hydrogen-bond acceptors (Lipinski definition) is 4. The summed E-state index contributed by atoms with van der Waals surface area (Å²) >= 11 is 3.39. The maximum Gasteiger partial charge on any atom is 0.274 e. The molecule has 1 fully saturated rings. The van der Waals surface area contributed by atoms with E-state index >= 15 is 0 Å². The monoisotopic (exact) mass is 374 g/mol. The van der Waals surface area contributed by atoms with Crippen molar-refractivity contribution in [3.05, 3.63) is 46.7 Å². The molecule has 1 amide bonds. The van der Waals surface area contributed by atoms with Crippen molar-refractivity contribution in [1.82, 2.24) is 9.97 Å². The third-order valence-corrected chi connectivity index (χ3v) is 4.40. The van der Waals surface area contributed by atoms with E-state index in [0.717, 1.165) is 23.0 Å². The Morgan fingerprint density at radius 1 is 1.17 bits per heavy atom. The van der Waals surface area contributed by atoms with E-state index in [1.807, 2.05) is 24.3 Å². The van der Waals surface area contributed by atoms with E-state index < -0.39 is 0 Å². The van der Waals surface area contributed by atoms with Crippen LogP contribution in [-0.4, -0.2) is 21.9 Å². The van der Waals surface area contributed by atoms with Gasteiger partial charge in [0.15, 0.2) is 0 Å². The van der Waals surface area contributed by atoms with Crippen LogP contribution in [0.5, 0.6) is 0 Å². The number of halogens is 1. The van der Waals surface area contributed by atoms with Gasteiger partial charge < -0.3 is 10.6 Å². The van der Waals surface area contributed by atoms with Crippen molar-refractivity contribution in [3.63, 3.8) is 0 Å². The van der Waals surface area contributed by atoms with Gasteiger partial charge in [0.1, 0.15) is 5.69 Å². The van der Waals surface area contributed by atoms with Crippen LogP contribution in [0, 0.1) is 0 Å².